The molecule has 3 heterocycles. The van der Waals surface area contributed by atoms with Gasteiger partial charge in [0.1, 0.15) is 0 Å². The van der Waals surface area contributed by atoms with Crippen LogP contribution in [0.2, 0.25) is 0 Å². The summed E-state index contributed by atoms with van der Waals surface area (Å²) in [6.45, 7) is 7.69. The van der Waals surface area contributed by atoms with Crippen LogP contribution >= 0.6 is 11.8 Å². The number of ether oxygens (including phenoxy) is 1. The highest BCUT2D eigenvalue weighted by Crippen LogP contribution is 2.45. The molecule has 0 aromatic heterocycles. The Morgan fingerprint density at radius 2 is 1.85 bits per heavy atom. The summed E-state index contributed by atoms with van der Waals surface area (Å²) in [5.41, 5.74) is 4.06. The number of rotatable bonds is 5. The molecule has 1 aromatic rings. The van der Waals surface area contributed by atoms with Gasteiger partial charge in [-0.1, -0.05) is 48.5 Å². The van der Waals surface area contributed by atoms with Crippen LogP contribution in [0.25, 0.3) is 0 Å². The van der Waals surface area contributed by atoms with Crippen molar-refractivity contribution in [2.45, 2.75) is 39.7 Å². The lowest BCUT2D eigenvalue weighted by molar-refractivity contribution is -0.138. The van der Waals surface area contributed by atoms with Crippen molar-refractivity contribution < 1.29 is 19.1 Å². The first-order valence-corrected chi connectivity index (χ1v) is 12.4. The van der Waals surface area contributed by atoms with Gasteiger partial charge in [-0.3, -0.25) is 9.59 Å². The zero-order chi connectivity index (χ0) is 24.4. The third kappa shape index (κ3) is 4.61. The molecule has 0 saturated carbocycles. The first-order chi connectivity index (χ1) is 16.3. The number of fused-ring (bicyclic) bond motifs is 1. The Bertz CT molecular complexity index is 1100. The van der Waals surface area contributed by atoms with Gasteiger partial charge in [-0.05, 0) is 24.3 Å². The molecular weight excluding hydrogens is 452 g/mol. The van der Waals surface area contributed by atoms with Crippen molar-refractivity contribution in [3.63, 3.8) is 0 Å². The Balaban J connectivity index is 1.64. The average Bonchev–Trinajstić information content (AvgIpc) is 3.24. The predicted octanol–water partition coefficient (Wildman–Crippen LogP) is 3.21. The van der Waals surface area contributed by atoms with E-state index in [4.69, 9.17) is 9.73 Å². The Kier molecular flexibility index (Phi) is 7.11. The number of carbonyl (C=O) groups excluding carboxylic acids is 3. The van der Waals surface area contributed by atoms with Crippen LogP contribution in [0.1, 0.15) is 43.9 Å². The van der Waals surface area contributed by atoms with Gasteiger partial charge in [0.15, 0.2) is 5.17 Å². The number of esters is 1. The zero-order valence-electron chi connectivity index (χ0n) is 20.0. The first-order valence-electron chi connectivity index (χ1n) is 11.5. The number of thioether (sulfide) groups is 1. The summed E-state index contributed by atoms with van der Waals surface area (Å²) in [4.78, 5) is 48.1. The molecule has 34 heavy (non-hydrogen) atoms. The van der Waals surface area contributed by atoms with Crippen molar-refractivity contribution in [3.8, 4) is 0 Å². The van der Waals surface area contributed by atoms with Crippen LogP contribution in [0.3, 0.4) is 0 Å². The van der Waals surface area contributed by atoms with Gasteiger partial charge in [0, 0.05) is 38.8 Å². The topological polar surface area (TPSA) is 82.5 Å². The minimum Gasteiger partial charge on any atom is -0.466 e. The third-order valence-corrected chi connectivity index (χ3v) is 7.29. The highest BCUT2D eigenvalue weighted by atomic mass is 32.2. The fourth-order valence-electron chi connectivity index (χ4n) is 4.61. The molecule has 0 N–H and O–H groups in total. The molecule has 3 aliphatic heterocycles. The highest BCUT2D eigenvalue weighted by Gasteiger charge is 2.41. The van der Waals surface area contributed by atoms with Crippen LogP contribution in [-0.2, 0) is 19.1 Å². The number of benzene rings is 1. The van der Waals surface area contributed by atoms with Crippen molar-refractivity contribution >= 4 is 34.7 Å². The lowest BCUT2D eigenvalue weighted by Gasteiger charge is -2.38. The molecule has 2 amide bonds. The minimum atomic E-state index is -0.418. The quantitative estimate of drug-likeness (QED) is 0.600. The number of aliphatic imine (C=N–C) groups is 1. The first kappa shape index (κ1) is 24.1. The molecule has 4 rings (SSSR count). The summed E-state index contributed by atoms with van der Waals surface area (Å²) in [5.74, 6) is -0.371. The lowest BCUT2D eigenvalue weighted by Crippen LogP contribution is -2.50. The number of hydrogen-bond donors (Lipinski definition) is 0. The van der Waals surface area contributed by atoms with Gasteiger partial charge in [0.25, 0.3) is 0 Å². The van der Waals surface area contributed by atoms with Gasteiger partial charge in [-0.2, -0.15) is 0 Å². The van der Waals surface area contributed by atoms with Crippen molar-refractivity contribution in [1.29, 1.82) is 0 Å². The maximum atomic E-state index is 13.2. The summed E-state index contributed by atoms with van der Waals surface area (Å²) in [5, 5.41) is 2.72. The number of amidine groups is 1. The van der Waals surface area contributed by atoms with Crippen LogP contribution in [-0.4, -0.2) is 70.9 Å². The van der Waals surface area contributed by atoms with Gasteiger partial charge in [0.2, 0.25) is 11.8 Å². The fraction of sp³-hybridized carbons (Fsp3) is 0.440. The molecule has 1 fully saturated rings. The van der Waals surface area contributed by atoms with Gasteiger partial charge < -0.3 is 19.4 Å². The Morgan fingerprint density at radius 3 is 2.47 bits per heavy atom. The molecule has 8 nitrogen and oxygen atoms in total. The van der Waals surface area contributed by atoms with Crippen molar-refractivity contribution in [3.05, 3.63) is 57.8 Å². The monoisotopic (exact) mass is 482 g/mol. The number of piperazine rings is 1. The normalized spacial score (nSPS) is 20.1. The van der Waals surface area contributed by atoms with E-state index in [9.17, 15) is 14.4 Å². The Morgan fingerprint density at radius 1 is 1.15 bits per heavy atom. The maximum Gasteiger partial charge on any atom is 0.338 e. The van der Waals surface area contributed by atoms with E-state index in [2.05, 4.69) is 6.07 Å². The van der Waals surface area contributed by atoms with E-state index >= 15 is 0 Å². The maximum absolute atomic E-state index is 13.2. The van der Waals surface area contributed by atoms with Gasteiger partial charge in [-0.25, -0.2) is 9.79 Å². The van der Waals surface area contributed by atoms with Gasteiger partial charge in [-0.15, -0.1) is 0 Å². The molecule has 0 radical (unpaired) electrons. The molecule has 3 aliphatic rings. The summed E-state index contributed by atoms with van der Waals surface area (Å²) in [6.07, 6.45) is 0.795. The minimum absolute atomic E-state index is 0.00387. The second kappa shape index (κ2) is 10.0. The third-order valence-electron chi connectivity index (χ3n) is 6.40. The predicted molar refractivity (Wildman–Crippen MR) is 132 cm³/mol. The number of allylic oxidation sites excluding steroid dienone is 1. The largest absolute Gasteiger partial charge is 0.466 e. The van der Waals surface area contributed by atoms with Crippen LogP contribution < -0.4 is 0 Å². The lowest BCUT2D eigenvalue weighted by atomic mass is 9.92. The fourth-order valence-corrected chi connectivity index (χ4v) is 5.54. The second-order valence-corrected chi connectivity index (χ2v) is 9.41. The molecule has 1 aromatic carbocycles. The molecule has 9 heteroatoms. The van der Waals surface area contributed by atoms with Gasteiger partial charge >= 0.3 is 5.97 Å². The van der Waals surface area contributed by atoms with E-state index in [-0.39, 0.29) is 18.2 Å². The molecule has 1 saturated heterocycles. The summed E-state index contributed by atoms with van der Waals surface area (Å²) in [6, 6.07) is 7.64. The number of carbonyl (C=O) groups is 3. The van der Waals surface area contributed by atoms with Crippen molar-refractivity contribution in [1.82, 2.24) is 14.7 Å². The number of aryl methyl sites for hydroxylation is 1. The van der Waals surface area contributed by atoms with Crippen LogP contribution in [0.5, 0.6) is 0 Å². The summed E-state index contributed by atoms with van der Waals surface area (Å²) < 4.78 is 5.17. The zero-order valence-corrected chi connectivity index (χ0v) is 20.9. The standard InChI is InChI=1S/C25H30N4O4S/c1-5-20-22(24(32)33-4)23(18-8-6-7-16(2)13-18)29-19(15-34-25(29)26-20)14-21(31)28-11-9-27(10-12-28)17(3)30/h6-8,13,15,23H,5,9-12,14H2,1-4H3/t23-/m1/s1. The number of hydrogen-bond acceptors (Lipinski definition) is 7. The molecule has 0 bridgehead atoms. The van der Waals surface area contributed by atoms with E-state index in [1.54, 1.807) is 16.7 Å². The number of methoxy groups -OCH3 is 1. The highest BCUT2D eigenvalue weighted by molar-refractivity contribution is 8.16. The van der Waals surface area contributed by atoms with Gasteiger partial charge in [0.05, 0.1) is 30.8 Å². The van der Waals surface area contributed by atoms with Crippen LogP contribution in [0.4, 0.5) is 0 Å². The molecule has 0 aliphatic carbocycles. The molecule has 0 unspecified atom stereocenters. The Labute approximate surface area is 204 Å². The Hall–Kier alpha value is -3.07. The molecular formula is C25H30N4O4S. The van der Waals surface area contributed by atoms with Crippen molar-refractivity contribution in [2.24, 2.45) is 4.99 Å². The number of amides is 2. The molecule has 0 spiro atoms. The molecule has 1 atom stereocenters. The van der Waals surface area contributed by atoms with Crippen LogP contribution in [0, 0.1) is 6.92 Å². The van der Waals surface area contributed by atoms with Crippen molar-refractivity contribution in [2.75, 3.05) is 33.3 Å². The van der Waals surface area contributed by atoms with E-state index in [1.165, 1.54) is 18.9 Å². The second-order valence-electron chi connectivity index (χ2n) is 8.58. The van der Waals surface area contributed by atoms with E-state index in [1.807, 2.05) is 42.4 Å². The average molecular weight is 483 g/mol. The van der Waals surface area contributed by atoms with Crippen LogP contribution in [0.15, 0.2) is 51.6 Å². The number of nitrogens with zero attached hydrogens (tertiary/aromatic N) is 4. The van der Waals surface area contributed by atoms with E-state index < -0.39 is 12.0 Å². The summed E-state index contributed by atoms with van der Waals surface area (Å²) >= 11 is 1.47. The SMILES string of the molecule is CCC1=C(C(=O)OC)[C@@H](c2cccc(C)c2)N2C(CC(=O)N3CCN(C(C)=O)CC3)=CSC2=N1. The smallest absolute Gasteiger partial charge is 0.338 e. The van der Waals surface area contributed by atoms with E-state index in [0.717, 1.165) is 22.0 Å². The summed E-state index contributed by atoms with van der Waals surface area (Å²) in [7, 11) is 1.38. The molecule has 180 valence electrons. The van der Waals surface area contributed by atoms with E-state index in [0.29, 0.717) is 43.9 Å².